The summed E-state index contributed by atoms with van der Waals surface area (Å²) in [7, 11) is 1.86. The molecule has 2 aromatic heterocycles. The highest BCUT2D eigenvalue weighted by molar-refractivity contribution is 5.97. The van der Waals surface area contributed by atoms with Gasteiger partial charge >= 0.3 is 5.97 Å². The summed E-state index contributed by atoms with van der Waals surface area (Å²) < 4.78 is 5.49. The molecule has 3 aromatic rings. The maximum absolute atomic E-state index is 13.1. The van der Waals surface area contributed by atoms with Crippen LogP contribution in [0.1, 0.15) is 68.9 Å². The Morgan fingerprint density at radius 3 is 2.49 bits per heavy atom. The van der Waals surface area contributed by atoms with Gasteiger partial charge in [-0.3, -0.25) is 9.59 Å². The molecule has 0 spiro atoms. The summed E-state index contributed by atoms with van der Waals surface area (Å²) in [6.07, 6.45) is 3.25. The van der Waals surface area contributed by atoms with Crippen LogP contribution >= 0.6 is 0 Å². The lowest BCUT2D eigenvalue weighted by molar-refractivity contribution is -0.157. The van der Waals surface area contributed by atoms with Gasteiger partial charge in [-0.25, -0.2) is 14.8 Å². The van der Waals surface area contributed by atoms with Gasteiger partial charge in [0.05, 0.1) is 18.4 Å². The van der Waals surface area contributed by atoms with Gasteiger partial charge in [0.2, 0.25) is 5.95 Å². The number of ether oxygens (including phenoxy) is 1. The number of fused-ring (bicyclic) bond motifs is 1. The van der Waals surface area contributed by atoms with Gasteiger partial charge in [0, 0.05) is 42.6 Å². The predicted molar refractivity (Wildman–Crippen MR) is 162 cm³/mol. The molecular weight excluding hydrogens is 554 g/mol. The number of rotatable bonds is 14. The molecule has 5 N–H and O–H groups in total. The van der Waals surface area contributed by atoms with Gasteiger partial charge in [0.15, 0.2) is 17.0 Å². The van der Waals surface area contributed by atoms with E-state index in [9.17, 15) is 14.4 Å². The van der Waals surface area contributed by atoms with E-state index in [0.29, 0.717) is 54.8 Å². The number of amides is 1. The van der Waals surface area contributed by atoms with E-state index in [1.54, 1.807) is 51.2 Å². The number of nitrogens with zero attached hydrogens (tertiary/aromatic N) is 8. The van der Waals surface area contributed by atoms with E-state index in [1.807, 2.05) is 11.9 Å². The smallest absolute Gasteiger partial charge is 0.329 e. The minimum atomic E-state index is -1.00. The summed E-state index contributed by atoms with van der Waals surface area (Å²) >= 11 is 0. The molecule has 0 radical (unpaired) electrons. The van der Waals surface area contributed by atoms with Crippen LogP contribution in [0.3, 0.4) is 0 Å². The number of aromatic nitrogens is 4. The standard InChI is InChI=1S/C28H37N11O4/c1-28(2,3)43-26(42)21(13-12-20(40)7-5-6-14-33-38-31)35-25(41)17-8-10-19(11-9-17)39(4)16-18-15-32-24-22(34-18)23(29)36-27(30)37-24/h8-11,15,21H,5-7,12-14,16H2,1-4H3,(H,35,41)(H4,29,30,32,36,37)/t21-/m0/s1. The number of anilines is 3. The van der Waals surface area contributed by atoms with Gasteiger partial charge in [0.1, 0.15) is 17.4 Å². The third-order valence-electron chi connectivity index (χ3n) is 6.21. The minimum absolute atomic E-state index is 0.0228. The molecule has 0 aliphatic heterocycles. The Morgan fingerprint density at radius 2 is 1.81 bits per heavy atom. The molecule has 0 saturated carbocycles. The van der Waals surface area contributed by atoms with Crippen molar-refractivity contribution in [2.24, 2.45) is 5.11 Å². The maximum atomic E-state index is 13.1. The minimum Gasteiger partial charge on any atom is -0.458 e. The number of carbonyl (C=O) groups is 3. The van der Waals surface area contributed by atoms with Crippen LogP contribution in [0.2, 0.25) is 0 Å². The average molecular weight is 592 g/mol. The van der Waals surface area contributed by atoms with Crippen LogP contribution in [-0.2, 0) is 20.9 Å². The summed E-state index contributed by atoms with van der Waals surface area (Å²) in [5, 5.41) is 6.18. The van der Waals surface area contributed by atoms with E-state index in [-0.39, 0.29) is 30.4 Å². The Kier molecular flexibility index (Phi) is 11.1. The molecular formula is C28H37N11O4. The van der Waals surface area contributed by atoms with Crippen molar-refractivity contribution in [2.45, 2.75) is 71.1 Å². The molecule has 0 aliphatic rings. The number of carbonyl (C=O) groups excluding carboxylic acids is 3. The van der Waals surface area contributed by atoms with Crippen LogP contribution in [0.15, 0.2) is 35.6 Å². The molecule has 43 heavy (non-hydrogen) atoms. The van der Waals surface area contributed by atoms with E-state index < -0.39 is 23.5 Å². The van der Waals surface area contributed by atoms with Crippen molar-refractivity contribution in [1.29, 1.82) is 0 Å². The number of ketones is 1. The van der Waals surface area contributed by atoms with Crippen LogP contribution in [0, 0.1) is 0 Å². The first-order valence-corrected chi connectivity index (χ1v) is 13.8. The molecule has 0 aliphatic carbocycles. The molecule has 0 unspecified atom stereocenters. The van der Waals surface area contributed by atoms with Gasteiger partial charge < -0.3 is 26.4 Å². The second-order valence-electron chi connectivity index (χ2n) is 11.0. The van der Waals surface area contributed by atoms with Crippen molar-refractivity contribution >= 4 is 46.3 Å². The summed E-state index contributed by atoms with van der Waals surface area (Å²) in [5.74, 6) is -0.965. The third-order valence-corrected chi connectivity index (χ3v) is 6.21. The Balaban J connectivity index is 1.63. The first kappa shape index (κ1) is 32.5. The number of esters is 1. The maximum Gasteiger partial charge on any atom is 0.329 e. The van der Waals surface area contributed by atoms with Crippen LogP contribution in [0.5, 0.6) is 0 Å². The Labute approximate surface area is 249 Å². The molecule has 228 valence electrons. The largest absolute Gasteiger partial charge is 0.458 e. The molecule has 0 fully saturated rings. The summed E-state index contributed by atoms with van der Waals surface area (Å²) in [6, 6.07) is 5.82. The van der Waals surface area contributed by atoms with Crippen LogP contribution in [-0.4, -0.2) is 62.8 Å². The van der Waals surface area contributed by atoms with Gasteiger partial charge in [-0.05, 0) is 69.8 Å². The van der Waals surface area contributed by atoms with E-state index >= 15 is 0 Å². The first-order valence-electron chi connectivity index (χ1n) is 13.8. The molecule has 0 saturated heterocycles. The number of benzene rings is 1. The van der Waals surface area contributed by atoms with Crippen LogP contribution in [0.4, 0.5) is 17.5 Å². The lowest BCUT2D eigenvalue weighted by atomic mass is 10.0. The Hall–Kier alpha value is -5.04. The second kappa shape index (κ2) is 14.7. The number of unbranched alkanes of at least 4 members (excludes halogenated alkanes) is 1. The molecule has 15 nitrogen and oxygen atoms in total. The van der Waals surface area contributed by atoms with Crippen LogP contribution < -0.4 is 21.7 Å². The molecule has 2 heterocycles. The van der Waals surface area contributed by atoms with Crippen molar-refractivity contribution < 1.29 is 19.1 Å². The highest BCUT2D eigenvalue weighted by Crippen LogP contribution is 2.19. The fraction of sp³-hybridized carbons (Fsp3) is 0.464. The lowest BCUT2D eigenvalue weighted by Crippen LogP contribution is -2.44. The average Bonchev–Trinajstić information content (AvgIpc) is 2.94. The monoisotopic (exact) mass is 591 g/mol. The summed E-state index contributed by atoms with van der Waals surface area (Å²) in [4.78, 5) is 59.7. The topological polar surface area (TPSA) is 228 Å². The number of hydrogen-bond acceptors (Lipinski definition) is 12. The summed E-state index contributed by atoms with van der Waals surface area (Å²) in [5.41, 5.74) is 21.5. The number of hydrogen-bond donors (Lipinski definition) is 3. The summed E-state index contributed by atoms with van der Waals surface area (Å²) in [6.45, 7) is 5.91. The van der Waals surface area contributed by atoms with Crippen LogP contribution in [0.25, 0.3) is 21.6 Å². The molecule has 3 rings (SSSR count). The van der Waals surface area contributed by atoms with Crippen molar-refractivity contribution in [3.8, 4) is 0 Å². The second-order valence-corrected chi connectivity index (χ2v) is 11.0. The number of azide groups is 1. The van der Waals surface area contributed by atoms with E-state index in [1.165, 1.54) is 0 Å². The molecule has 15 heteroatoms. The molecule has 1 atom stereocenters. The fourth-order valence-corrected chi connectivity index (χ4v) is 4.10. The lowest BCUT2D eigenvalue weighted by Gasteiger charge is -2.24. The zero-order valence-electron chi connectivity index (χ0n) is 24.8. The third kappa shape index (κ3) is 10.1. The highest BCUT2D eigenvalue weighted by atomic mass is 16.6. The van der Waals surface area contributed by atoms with E-state index in [2.05, 4.69) is 35.3 Å². The van der Waals surface area contributed by atoms with Crippen molar-refractivity contribution in [2.75, 3.05) is 30.0 Å². The number of nitrogens with two attached hydrogens (primary N) is 2. The zero-order valence-corrected chi connectivity index (χ0v) is 24.8. The number of nitrogens with one attached hydrogen (secondary N) is 1. The molecule has 1 amide bonds. The molecule has 0 bridgehead atoms. The Morgan fingerprint density at radius 1 is 1.09 bits per heavy atom. The Bertz CT molecular complexity index is 1500. The van der Waals surface area contributed by atoms with Gasteiger partial charge in [-0.2, -0.15) is 9.97 Å². The normalized spacial score (nSPS) is 11.8. The van der Waals surface area contributed by atoms with E-state index in [0.717, 1.165) is 5.69 Å². The quantitative estimate of drug-likeness (QED) is 0.0807. The molecule has 1 aromatic carbocycles. The van der Waals surface area contributed by atoms with Crippen molar-refractivity contribution in [3.63, 3.8) is 0 Å². The van der Waals surface area contributed by atoms with Gasteiger partial charge in [-0.15, -0.1) is 0 Å². The SMILES string of the molecule is CN(Cc1cnc2nc(N)nc(N)c2n1)c1ccc(C(=O)N[C@@H](CCC(=O)CCCCN=[N+]=[N-])C(=O)OC(C)(C)C)cc1. The van der Waals surface area contributed by atoms with Gasteiger partial charge in [0.25, 0.3) is 5.91 Å². The van der Waals surface area contributed by atoms with Crippen molar-refractivity contribution in [1.82, 2.24) is 25.3 Å². The van der Waals surface area contributed by atoms with Gasteiger partial charge in [-0.1, -0.05) is 5.11 Å². The first-order chi connectivity index (χ1) is 20.4. The van der Waals surface area contributed by atoms with Crippen molar-refractivity contribution in [3.05, 3.63) is 52.2 Å². The van der Waals surface area contributed by atoms with E-state index in [4.69, 9.17) is 21.7 Å². The number of Topliss-reactive ketones (excluding diaryl/α,β-unsaturated/α-hetero) is 1. The zero-order chi connectivity index (χ0) is 31.6. The predicted octanol–water partition coefficient (Wildman–Crippen LogP) is 3.49. The number of nitrogen functional groups attached to an aromatic ring is 2. The fourth-order valence-electron chi connectivity index (χ4n) is 4.10. The highest BCUT2D eigenvalue weighted by Gasteiger charge is 2.27.